The lowest BCUT2D eigenvalue weighted by molar-refractivity contribution is 0.702. The Hall–Kier alpha value is -3.53. The largest absolute Gasteiger partial charge is 0.332 e. The Kier molecular flexibility index (Phi) is 5.32. The number of hydrogen-bond donors (Lipinski definition) is 1. The summed E-state index contributed by atoms with van der Waals surface area (Å²) >= 11 is 3.42. The molecule has 4 aromatic rings. The zero-order chi connectivity index (χ0) is 21.3. The first kappa shape index (κ1) is 19.8. The Balaban J connectivity index is 1.83. The highest BCUT2D eigenvalue weighted by atomic mass is 79.9. The first-order valence-corrected chi connectivity index (χ1v) is 9.86. The number of aromatic nitrogens is 5. The van der Waals surface area contributed by atoms with Crippen LogP contribution in [0.4, 0.5) is 5.95 Å². The lowest BCUT2D eigenvalue weighted by Gasteiger charge is -2.09. The van der Waals surface area contributed by atoms with Crippen LogP contribution >= 0.6 is 15.9 Å². The van der Waals surface area contributed by atoms with E-state index < -0.39 is 11.2 Å². The third-order valence-electron chi connectivity index (χ3n) is 4.65. The number of anilines is 1. The molecule has 1 N–H and O–H groups in total. The lowest BCUT2D eigenvalue weighted by Crippen LogP contribution is -2.37. The van der Waals surface area contributed by atoms with Gasteiger partial charge in [-0.05, 0) is 29.8 Å². The molecular formula is C20H18BrN7O2. The molecule has 30 heavy (non-hydrogen) atoms. The number of fused-ring (bicyclic) bond motifs is 1. The van der Waals surface area contributed by atoms with Crippen molar-refractivity contribution in [2.75, 3.05) is 5.43 Å². The van der Waals surface area contributed by atoms with Gasteiger partial charge in [0.15, 0.2) is 11.2 Å². The molecule has 0 fully saturated rings. The maximum atomic E-state index is 12.9. The lowest BCUT2D eigenvalue weighted by atomic mass is 10.2. The minimum Gasteiger partial charge on any atom is -0.298 e. The summed E-state index contributed by atoms with van der Waals surface area (Å²) in [6.07, 6.45) is 3.23. The highest BCUT2D eigenvalue weighted by molar-refractivity contribution is 9.10. The van der Waals surface area contributed by atoms with Gasteiger partial charge in [0.25, 0.3) is 5.56 Å². The van der Waals surface area contributed by atoms with Crippen LogP contribution in [0.3, 0.4) is 0 Å². The van der Waals surface area contributed by atoms with E-state index in [1.54, 1.807) is 24.0 Å². The first-order valence-electron chi connectivity index (χ1n) is 9.06. The van der Waals surface area contributed by atoms with Crippen molar-refractivity contribution in [2.24, 2.45) is 19.2 Å². The second kappa shape index (κ2) is 8.07. The van der Waals surface area contributed by atoms with Crippen LogP contribution in [0.15, 0.2) is 67.8 Å². The standard InChI is InChI=1S/C20H18BrN7O2/c1-26-17-16(18(29)27(2)20(26)30)28(12-13-6-8-14(21)9-7-13)19(24-17)25-23-11-15-5-3-4-10-22-15/h3-11H,12H2,1-2H3,(H,24,25)/b23-11-. The van der Waals surface area contributed by atoms with Gasteiger partial charge in [0.05, 0.1) is 18.5 Å². The summed E-state index contributed by atoms with van der Waals surface area (Å²) in [5, 5.41) is 4.20. The molecular weight excluding hydrogens is 450 g/mol. The number of imidazole rings is 1. The van der Waals surface area contributed by atoms with Crippen LogP contribution in [0.5, 0.6) is 0 Å². The van der Waals surface area contributed by atoms with Gasteiger partial charge in [0.2, 0.25) is 5.95 Å². The van der Waals surface area contributed by atoms with Crippen molar-refractivity contribution in [2.45, 2.75) is 6.54 Å². The second-order valence-electron chi connectivity index (χ2n) is 6.65. The fraction of sp³-hybridized carbons (Fsp3) is 0.150. The number of hydrogen-bond acceptors (Lipinski definition) is 6. The molecule has 3 heterocycles. The minimum absolute atomic E-state index is 0.288. The Labute approximate surface area is 179 Å². The highest BCUT2D eigenvalue weighted by Crippen LogP contribution is 2.19. The number of hydrazone groups is 1. The monoisotopic (exact) mass is 467 g/mol. The van der Waals surface area contributed by atoms with E-state index in [2.05, 4.69) is 36.4 Å². The molecule has 0 aliphatic rings. The fourth-order valence-corrected chi connectivity index (χ4v) is 3.33. The number of nitrogens with one attached hydrogen (secondary N) is 1. The molecule has 0 bridgehead atoms. The van der Waals surface area contributed by atoms with Crippen LogP contribution in [0, 0.1) is 0 Å². The van der Waals surface area contributed by atoms with E-state index >= 15 is 0 Å². The van der Waals surface area contributed by atoms with Crippen molar-refractivity contribution in [1.29, 1.82) is 0 Å². The van der Waals surface area contributed by atoms with E-state index in [0.717, 1.165) is 14.6 Å². The molecule has 0 saturated carbocycles. The molecule has 4 rings (SSSR count). The molecule has 152 valence electrons. The Morgan fingerprint density at radius 2 is 1.87 bits per heavy atom. The van der Waals surface area contributed by atoms with E-state index in [1.807, 2.05) is 42.5 Å². The molecule has 0 unspecified atom stereocenters. The molecule has 1 aromatic carbocycles. The highest BCUT2D eigenvalue weighted by Gasteiger charge is 2.19. The van der Waals surface area contributed by atoms with Gasteiger partial charge < -0.3 is 0 Å². The Bertz CT molecular complexity index is 1350. The van der Waals surface area contributed by atoms with Gasteiger partial charge in [-0.1, -0.05) is 34.1 Å². The average molecular weight is 468 g/mol. The molecule has 0 atom stereocenters. The van der Waals surface area contributed by atoms with Crippen LogP contribution in [0.1, 0.15) is 11.3 Å². The first-order chi connectivity index (χ1) is 14.5. The number of nitrogens with zero attached hydrogens (tertiary/aromatic N) is 6. The minimum atomic E-state index is -0.440. The summed E-state index contributed by atoms with van der Waals surface area (Å²) in [5.74, 6) is 0.346. The topological polar surface area (TPSA) is 99.1 Å². The van der Waals surface area contributed by atoms with Crippen molar-refractivity contribution in [3.8, 4) is 0 Å². The van der Waals surface area contributed by atoms with Crippen molar-refractivity contribution >= 4 is 39.3 Å². The van der Waals surface area contributed by atoms with Gasteiger partial charge in [-0.15, -0.1) is 0 Å². The third-order valence-corrected chi connectivity index (χ3v) is 5.18. The molecule has 0 spiro atoms. The average Bonchev–Trinajstić information content (AvgIpc) is 3.11. The molecule has 10 heteroatoms. The van der Waals surface area contributed by atoms with Gasteiger partial charge in [-0.25, -0.2) is 10.2 Å². The summed E-state index contributed by atoms with van der Waals surface area (Å²) in [6.45, 7) is 0.374. The summed E-state index contributed by atoms with van der Waals surface area (Å²) < 4.78 is 5.10. The van der Waals surface area contributed by atoms with Crippen LogP contribution in [-0.4, -0.2) is 29.9 Å². The summed E-state index contributed by atoms with van der Waals surface area (Å²) in [5.41, 5.74) is 4.27. The van der Waals surface area contributed by atoms with Gasteiger partial charge in [-0.3, -0.25) is 23.5 Å². The molecule has 0 aliphatic carbocycles. The van der Waals surface area contributed by atoms with Gasteiger partial charge in [-0.2, -0.15) is 10.1 Å². The number of benzene rings is 1. The zero-order valence-corrected chi connectivity index (χ0v) is 17.9. The van der Waals surface area contributed by atoms with Gasteiger partial charge in [0.1, 0.15) is 0 Å². The molecule has 3 aromatic heterocycles. The van der Waals surface area contributed by atoms with E-state index in [0.29, 0.717) is 23.7 Å². The summed E-state index contributed by atoms with van der Waals surface area (Å²) in [4.78, 5) is 33.9. The SMILES string of the molecule is Cn1c(=O)c2c(nc(N/N=C\c3ccccn3)n2Cc2ccc(Br)cc2)n(C)c1=O. The van der Waals surface area contributed by atoms with Crippen LogP contribution in [0.25, 0.3) is 11.2 Å². The van der Waals surface area contributed by atoms with E-state index in [9.17, 15) is 9.59 Å². The summed E-state index contributed by atoms with van der Waals surface area (Å²) in [7, 11) is 3.04. The third kappa shape index (κ3) is 3.69. The maximum absolute atomic E-state index is 12.9. The number of rotatable bonds is 5. The predicted octanol–water partition coefficient (Wildman–Crippen LogP) is 2.09. The quantitative estimate of drug-likeness (QED) is 0.357. The normalized spacial score (nSPS) is 11.4. The predicted molar refractivity (Wildman–Crippen MR) is 119 cm³/mol. The van der Waals surface area contributed by atoms with E-state index in [-0.39, 0.29) is 5.65 Å². The molecule has 0 radical (unpaired) electrons. The van der Waals surface area contributed by atoms with E-state index in [4.69, 9.17) is 0 Å². The molecule has 9 nitrogen and oxygen atoms in total. The Morgan fingerprint density at radius 3 is 2.57 bits per heavy atom. The van der Waals surface area contributed by atoms with Crippen molar-refractivity contribution in [3.05, 3.63) is 85.2 Å². The maximum Gasteiger partial charge on any atom is 0.332 e. The van der Waals surface area contributed by atoms with Crippen molar-refractivity contribution in [3.63, 3.8) is 0 Å². The number of aryl methyl sites for hydroxylation is 1. The Morgan fingerprint density at radius 1 is 1.10 bits per heavy atom. The van der Waals surface area contributed by atoms with Gasteiger partial charge >= 0.3 is 5.69 Å². The zero-order valence-electron chi connectivity index (χ0n) is 16.3. The van der Waals surface area contributed by atoms with Crippen LogP contribution in [0.2, 0.25) is 0 Å². The van der Waals surface area contributed by atoms with Crippen molar-refractivity contribution in [1.82, 2.24) is 23.7 Å². The molecule has 0 amide bonds. The van der Waals surface area contributed by atoms with Crippen LogP contribution in [-0.2, 0) is 20.6 Å². The molecule has 0 saturated heterocycles. The van der Waals surface area contributed by atoms with Gasteiger partial charge in [0, 0.05) is 24.8 Å². The fourth-order valence-electron chi connectivity index (χ4n) is 3.07. The second-order valence-corrected chi connectivity index (χ2v) is 7.57. The van der Waals surface area contributed by atoms with Crippen LogP contribution < -0.4 is 16.7 Å². The smallest absolute Gasteiger partial charge is 0.298 e. The number of pyridine rings is 1. The summed E-state index contributed by atoms with van der Waals surface area (Å²) in [6, 6.07) is 13.2. The molecule has 0 aliphatic heterocycles. The number of halogens is 1. The van der Waals surface area contributed by atoms with Crippen molar-refractivity contribution < 1.29 is 0 Å². The van der Waals surface area contributed by atoms with E-state index in [1.165, 1.54) is 11.6 Å².